The fourth-order valence-electron chi connectivity index (χ4n) is 2.86. The van der Waals surface area contributed by atoms with Crippen molar-refractivity contribution in [3.05, 3.63) is 47.5 Å². The number of nitrogens with one attached hydrogen (secondary N) is 2. The van der Waals surface area contributed by atoms with Crippen molar-refractivity contribution in [1.82, 2.24) is 10.6 Å². The van der Waals surface area contributed by atoms with Crippen molar-refractivity contribution in [3.8, 4) is 23.0 Å². The quantitative estimate of drug-likeness (QED) is 0.447. The minimum atomic E-state index is -0.281. The fourth-order valence-corrected chi connectivity index (χ4v) is 2.86. The number of carbonyl (C=O) groups excluding carboxylic acids is 2. The zero-order valence-corrected chi connectivity index (χ0v) is 18.2. The third-order valence-electron chi connectivity index (χ3n) is 4.20. The van der Waals surface area contributed by atoms with Crippen LogP contribution in [0.1, 0.15) is 47.9 Å². The molecule has 31 heavy (non-hydrogen) atoms. The third kappa shape index (κ3) is 7.09. The molecule has 2 amide bonds. The summed E-state index contributed by atoms with van der Waals surface area (Å²) in [5, 5.41) is 15.0. The largest absolute Gasteiger partial charge is 0.508 e. The van der Waals surface area contributed by atoms with E-state index in [0.717, 1.165) is 0 Å². The van der Waals surface area contributed by atoms with E-state index in [0.29, 0.717) is 67.7 Å². The number of amides is 2. The summed E-state index contributed by atoms with van der Waals surface area (Å²) < 4.78 is 16.9. The Kier molecular flexibility index (Phi) is 9.48. The van der Waals surface area contributed by atoms with E-state index in [9.17, 15) is 14.7 Å². The molecule has 0 radical (unpaired) electrons. The number of phenolic OH excluding ortho intramolecular Hbond substituents is 1. The summed E-state index contributed by atoms with van der Waals surface area (Å²) in [5.41, 5.74) is 0.782. The van der Waals surface area contributed by atoms with Gasteiger partial charge in [0.15, 0.2) is 11.5 Å². The molecule has 0 aliphatic heterocycles. The van der Waals surface area contributed by atoms with Crippen molar-refractivity contribution in [2.75, 3.05) is 32.9 Å². The van der Waals surface area contributed by atoms with Crippen LogP contribution in [-0.2, 0) is 0 Å². The molecule has 0 heterocycles. The normalized spacial score (nSPS) is 10.3. The molecule has 8 nitrogen and oxygen atoms in total. The number of benzene rings is 2. The zero-order valence-electron chi connectivity index (χ0n) is 18.2. The summed E-state index contributed by atoms with van der Waals surface area (Å²) in [7, 11) is 0. The topological polar surface area (TPSA) is 106 Å². The number of carbonyl (C=O) groups is 2. The lowest BCUT2D eigenvalue weighted by molar-refractivity contribution is 0.0950. The number of aromatic hydroxyl groups is 1. The molecule has 0 unspecified atom stereocenters. The van der Waals surface area contributed by atoms with Crippen LogP contribution in [0, 0.1) is 0 Å². The molecule has 0 saturated heterocycles. The monoisotopic (exact) mass is 430 g/mol. The second-order valence-electron chi connectivity index (χ2n) is 6.52. The lowest BCUT2D eigenvalue weighted by atomic mass is 10.1. The molecule has 3 N–H and O–H groups in total. The third-order valence-corrected chi connectivity index (χ3v) is 4.20. The summed E-state index contributed by atoms with van der Waals surface area (Å²) in [5.74, 6) is 0.879. The van der Waals surface area contributed by atoms with E-state index in [4.69, 9.17) is 14.2 Å². The maximum atomic E-state index is 12.6. The number of phenols is 1. The highest BCUT2D eigenvalue weighted by atomic mass is 16.5. The van der Waals surface area contributed by atoms with Gasteiger partial charge in [-0.1, -0.05) is 6.07 Å². The lowest BCUT2D eigenvalue weighted by Gasteiger charge is -2.17. The van der Waals surface area contributed by atoms with Crippen molar-refractivity contribution in [2.24, 2.45) is 0 Å². The van der Waals surface area contributed by atoms with Gasteiger partial charge in [0.05, 0.1) is 19.8 Å². The van der Waals surface area contributed by atoms with Crippen LogP contribution in [0.25, 0.3) is 0 Å². The molecule has 0 atom stereocenters. The average molecular weight is 431 g/mol. The number of rotatable bonds is 12. The van der Waals surface area contributed by atoms with Crippen LogP contribution in [0.4, 0.5) is 0 Å². The molecule has 2 aromatic rings. The molecule has 2 aromatic carbocycles. The van der Waals surface area contributed by atoms with Gasteiger partial charge in [-0.25, -0.2) is 0 Å². The minimum absolute atomic E-state index is 0.0353. The molecular formula is C23H30N2O6. The van der Waals surface area contributed by atoms with Crippen molar-refractivity contribution in [2.45, 2.75) is 27.2 Å². The second kappa shape index (κ2) is 12.3. The molecule has 0 aliphatic carbocycles. The van der Waals surface area contributed by atoms with E-state index in [-0.39, 0.29) is 17.6 Å². The predicted octanol–water partition coefficient (Wildman–Crippen LogP) is 3.14. The van der Waals surface area contributed by atoms with Crippen LogP contribution in [0.5, 0.6) is 23.0 Å². The Morgan fingerprint density at radius 1 is 0.806 bits per heavy atom. The first kappa shape index (κ1) is 23.9. The summed E-state index contributed by atoms with van der Waals surface area (Å²) in [6.45, 7) is 7.63. The van der Waals surface area contributed by atoms with Crippen LogP contribution in [0.2, 0.25) is 0 Å². The van der Waals surface area contributed by atoms with Gasteiger partial charge >= 0.3 is 0 Å². The van der Waals surface area contributed by atoms with Gasteiger partial charge in [0.25, 0.3) is 11.8 Å². The van der Waals surface area contributed by atoms with Gasteiger partial charge < -0.3 is 30.0 Å². The summed E-state index contributed by atoms with van der Waals surface area (Å²) in [6, 6.07) is 9.39. The van der Waals surface area contributed by atoms with Crippen molar-refractivity contribution in [3.63, 3.8) is 0 Å². The Labute approximate surface area is 182 Å². The number of ether oxygens (including phenoxy) is 3. The molecule has 0 aliphatic rings. The average Bonchev–Trinajstić information content (AvgIpc) is 2.75. The maximum Gasteiger partial charge on any atom is 0.251 e. The van der Waals surface area contributed by atoms with Gasteiger partial charge in [0.2, 0.25) is 5.75 Å². The fraction of sp³-hybridized carbons (Fsp3) is 0.391. The Morgan fingerprint density at radius 3 is 1.87 bits per heavy atom. The molecule has 8 heteroatoms. The van der Waals surface area contributed by atoms with Gasteiger partial charge in [0.1, 0.15) is 5.75 Å². The van der Waals surface area contributed by atoms with Gasteiger partial charge in [-0.05, 0) is 57.5 Å². The summed E-state index contributed by atoms with van der Waals surface area (Å²) >= 11 is 0. The van der Waals surface area contributed by atoms with Crippen LogP contribution in [0.15, 0.2) is 36.4 Å². The summed E-state index contributed by atoms with van der Waals surface area (Å²) in [6.07, 6.45) is 0.546. The van der Waals surface area contributed by atoms with Crippen molar-refractivity contribution >= 4 is 11.8 Å². The smallest absolute Gasteiger partial charge is 0.251 e. The van der Waals surface area contributed by atoms with E-state index in [2.05, 4.69) is 10.6 Å². The molecule has 2 rings (SSSR count). The first-order valence-electron chi connectivity index (χ1n) is 10.4. The number of hydrogen-bond donors (Lipinski definition) is 3. The lowest BCUT2D eigenvalue weighted by Crippen LogP contribution is -2.30. The summed E-state index contributed by atoms with van der Waals surface area (Å²) in [4.78, 5) is 24.7. The minimum Gasteiger partial charge on any atom is -0.508 e. The SMILES string of the molecule is CCOc1cc(C(=O)NCCCNC(=O)c2cccc(O)c2)cc(OCC)c1OCC. The van der Waals surface area contributed by atoms with Gasteiger partial charge in [-0.15, -0.1) is 0 Å². The van der Waals surface area contributed by atoms with Crippen LogP contribution >= 0.6 is 0 Å². The van der Waals surface area contributed by atoms with Crippen molar-refractivity contribution < 1.29 is 28.9 Å². The van der Waals surface area contributed by atoms with Gasteiger partial charge in [-0.2, -0.15) is 0 Å². The molecular weight excluding hydrogens is 400 g/mol. The first-order chi connectivity index (χ1) is 15.0. The Hall–Kier alpha value is -3.42. The predicted molar refractivity (Wildman–Crippen MR) is 117 cm³/mol. The van der Waals surface area contributed by atoms with E-state index < -0.39 is 0 Å². The van der Waals surface area contributed by atoms with E-state index in [1.54, 1.807) is 24.3 Å². The van der Waals surface area contributed by atoms with Crippen molar-refractivity contribution in [1.29, 1.82) is 0 Å². The second-order valence-corrected chi connectivity index (χ2v) is 6.52. The Morgan fingerprint density at radius 2 is 1.35 bits per heavy atom. The standard InChI is InChI=1S/C23H30N2O6/c1-4-29-19-14-17(15-20(30-5-2)21(19)31-6-3)23(28)25-12-8-11-24-22(27)16-9-7-10-18(26)13-16/h7,9-10,13-15,26H,4-6,8,11-12H2,1-3H3,(H,24,27)(H,25,28). The molecule has 0 spiro atoms. The van der Waals surface area contributed by atoms with E-state index >= 15 is 0 Å². The van der Waals surface area contributed by atoms with Crippen LogP contribution in [0.3, 0.4) is 0 Å². The maximum absolute atomic E-state index is 12.6. The molecule has 0 fully saturated rings. The van der Waals surface area contributed by atoms with Gasteiger partial charge in [-0.3, -0.25) is 9.59 Å². The Balaban J connectivity index is 1.93. The van der Waals surface area contributed by atoms with E-state index in [1.165, 1.54) is 12.1 Å². The highest BCUT2D eigenvalue weighted by Gasteiger charge is 2.18. The number of hydrogen-bond acceptors (Lipinski definition) is 6. The van der Waals surface area contributed by atoms with Gasteiger partial charge in [0, 0.05) is 24.2 Å². The highest BCUT2D eigenvalue weighted by molar-refractivity contribution is 5.96. The highest BCUT2D eigenvalue weighted by Crippen LogP contribution is 2.39. The van der Waals surface area contributed by atoms with E-state index in [1.807, 2.05) is 20.8 Å². The first-order valence-corrected chi connectivity index (χ1v) is 10.4. The molecule has 0 bridgehead atoms. The van der Waals surface area contributed by atoms with Crippen LogP contribution < -0.4 is 24.8 Å². The zero-order chi connectivity index (χ0) is 22.6. The van der Waals surface area contributed by atoms with Crippen LogP contribution in [-0.4, -0.2) is 49.8 Å². The molecule has 0 aromatic heterocycles. The molecule has 0 saturated carbocycles. The Bertz CT molecular complexity index is 857. The molecule has 168 valence electrons.